The lowest BCUT2D eigenvalue weighted by atomic mass is 10.1. The molecule has 0 amide bonds. The Balaban J connectivity index is 2.01. The summed E-state index contributed by atoms with van der Waals surface area (Å²) < 4.78 is 5.35. The fourth-order valence-corrected chi connectivity index (χ4v) is 2.82. The van der Waals surface area contributed by atoms with Gasteiger partial charge in [0.15, 0.2) is 5.75 Å². The SMILES string of the molecule is CCOc1cc(NCC2CCC(C)C2)ccc1[N+](=O)[O-]. The van der Waals surface area contributed by atoms with Crippen molar-refractivity contribution in [3.05, 3.63) is 28.3 Å². The van der Waals surface area contributed by atoms with E-state index in [0.29, 0.717) is 18.3 Å². The molecule has 2 unspecified atom stereocenters. The molecule has 2 atom stereocenters. The van der Waals surface area contributed by atoms with Crippen molar-refractivity contribution in [1.82, 2.24) is 0 Å². The maximum absolute atomic E-state index is 10.9. The standard InChI is InChI=1S/C15H22N2O3/c1-3-20-15-9-13(6-7-14(15)17(18)19)16-10-12-5-4-11(2)8-12/h6-7,9,11-12,16H,3-5,8,10H2,1-2H3. The summed E-state index contributed by atoms with van der Waals surface area (Å²) in [5.41, 5.74) is 0.908. The smallest absolute Gasteiger partial charge is 0.311 e. The first-order chi connectivity index (χ1) is 9.60. The Bertz CT molecular complexity index is 476. The predicted octanol–water partition coefficient (Wildman–Crippen LogP) is 3.84. The van der Waals surface area contributed by atoms with Gasteiger partial charge in [-0.15, -0.1) is 0 Å². The van der Waals surface area contributed by atoms with Crippen LogP contribution in [0.25, 0.3) is 0 Å². The topological polar surface area (TPSA) is 64.4 Å². The molecule has 1 aromatic carbocycles. The van der Waals surface area contributed by atoms with E-state index in [1.165, 1.54) is 25.3 Å². The summed E-state index contributed by atoms with van der Waals surface area (Å²) in [4.78, 5) is 10.5. The fourth-order valence-electron chi connectivity index (χ4n) is 2.82. The van der Waals surface area contributed by atoms with Crippen molar-refractivity contribution >= 4 is 11.4 Å². The van der Waals surface area contributed by atoms with Crippen LogP contribution >= 0.6 is 0 Å². The van der Waals surface area contributed by atoms with Crippen LogP contribution in [0.1, 0.15) is 33.1 Å². The van der Waals surface area contributed by atoms with Crippen molar-refractivity contribution in [2.75, 3.05) is 18.5 Å². The zero-order valence-corrected chi connectivity index (χ0v) is 12.1. The Labute approximate surface area is 119 Å². The zero-order valence-electron chi connectivity index (χ0n) is 12.1. The highest BCUT2D eigenvalue weighted by atomic mass is 16.6. The number of nitrogens with zero attached hydrogens (tertiary/aromatic N) is 1. The number of nitro benzene ring substituents is 1. The first kappa shape index (κ1) is 14.6. The number of hydrogen-bond acceptors (Lipinski definition) is 4. The third-order valence-corrected chi connectivity index (χ3v) is 3.85. The number of benzene rings is 1. The van der Waals surface area contributed by atoms with Crippen LogP contribution in [-0.2, 0) is 0 Å². The van der Waals surface area contributed by atoms with Gasteiger partial charge < -0.3 is 10.1 Å². The summed E-state index contributed by atoms with van der Waals surface area (Å²) >= 11 is 0. The fraction of sp³-hybridized carbons (Fsp3) is 0.600. The normalized spacial score (nSPS) is 21.7. The number of ether oxygens (including phenoxy) is 1. The molecule has 0 radical (unpaired) electrons. The summed E-state index contributed by atoms with van der Waals surface area (Å²) in [7, 11) is 0. The number of rotatable bonds is 6. The number of nitrogens with one attached hydrogen (secondary N) is 1. The molecule has 0 bridgehead atoms. The van der Waals surface area contributed by atoms with Gasteiger partial charge in [-0.25, -0.2) is 0 Å². The van der Waals surface area contributed by atoms with E-state index in [-0.39, 0.29) is 5.69 Å². The van der Waals surface area contributed by atoms with Gasteiger partial charge in [-0.1, -0.05) is 13.3 Å². The zero-order chi connectivity index (χ0) is 14.5. The quantitative estimate of drug-likeness (QED) is 0.634. The lowest BCUT2D eigenvalue weighted by Gasteiger charge is -2.13. The van der Waals surface area contributed by atoms with Crippen molar-refractivity contribution in [3.63, 3.8) is 0 Å². The number of nitro groups is 1. The van der Waals surface area contributed by atoms with E-state index in [9.17, 15) is 10.1 Å². The van der Waals surface area contributed by atoms with Crippen molar-refractivity contribution in [2.45, 2.75) is 33.1 Å². The van der Waals surface area contributed by atoms with Gasteiger partial charge in [0.2, 0.25) is 0 Å². The molecule has 0 aliphatic heterocycles. The summed E-state index contributed by atoms with van der Waals surface area (Å²) in [5, 5.41) is 14.3. The molecule has 20 heavy (non-hydrogen) atoms. The van der Waals surface area contributed by atoms with Crippen molar-refractivity contribution in [1.29, 1.82) is 0 Å². The van der Waals surface area contributed by atoms with Crippen molar-refractivity contribution in [2.24, 2.45) is 11.8 Å². The van der Waals surface area contributed by atoms with Crippen LogP contribution in [0.4, 0.5) is 11.4 Å². The van der Waals surface area contributed by atoms with Gasteiger partial charge in [-0.2, -0.15) is 0 Å². The van der Waals surface area contributed by atoms with Crippen LogP contribution in [0.3, 0.4) is 0 Å². The Kier molecular flexibility index (Phi) is 4.82. The molecule has 0 spiro atoms. The molecule has 1 aliphatic rings. The third-order valence-electron chi connectivity index (χ3n) is 3.85. The maximum atomic E-state index is 10.9. The number of anilines is 1. The van der Waals surface area contributed by atoms with Crippen molar-refractivity contribution in [3.8, 4) is 5.75 Å². The predicted molar refractivity (Wildman–Crippen MR) is 79.3 cm³/mol. The molecule has 5 heteroatoms. The maximum Gasteiger partial charge on any atom is 0.311 e. The summed E-state index contributed by atoms with van der Waals surface area (Å²) in [5.74, 6) is 1.86. The largest absolute Gasteiger partial charge is 0.487 e. The molecule has 2 rings (SSSR count). The summed E-state index contributed by atoms with van der Waals surface area (Å²) in [6, 6.07) is 4.98. The van der Waals surface area contributed by atoms with Gasteiger partial charge in [0.1, 0.15) is 0 Å². The highest BCUT2D eigenvalue weighted by Crippen LogP contribution is 2.32. The monoisotopic (exact) mass is 278 g/mol. The summed E-state index contributed by atoms with van der Waals surface area (Å²) in [6.45, 7) is 5.46. The Hall–Kier alpha value is -1.78. The molecule has 1 fully saturated rings. The second kappa shape index (κ2) is 6.59. The van der Waals surface area contributed by atoms with Gasteiger partial charge in [0.25, 0.3) is 0 Å². The van der Waals surface area contributed by atoms with E-state index in [1.54, 1.807) is 12.1 Å². The highest BCUT2D eigenvalue weighted by Gasteiger charge is 2.21. The van der Waals surface area contributed by atoms with Crippen LogP contribution in [0.5, 0.6) is 5.75 Å². The van der Waals surface area contributed by atoms with E-state index in [2.05, 4.69) is 12.2 Å². The average molecular weight is 278 g/mol. The summed E-state index contributed by atoms with van der Waals surface area (Å²) in [6.07, 6.45) is 3.83. The minimum Gasteiger partial charge on any atom is -0.487 e. The van der Waals surface area contributed by atoms with Crippen molar-refractivity contribution < 1.29 is 9.66 Å². The van der Waals surface area contributed by atoms with E-state index in [0.717, 1.165) is 18.2 Å². The lowest BCUT2D eigenvalue weighted by Crippen LogP contribution is -2.11. The second-order valence-corrected chi connectivity index (χ2v) is 5.54. The molecule has 0 heterocycles. The third kappa shape index (κ3) is 3.62. The molecule has 0 aromatic heterocycles. The van der Waals surface area contributed by atoms with Crippen LogP contribution in [-0.4, -0.2) is 18.1 Å². The van der Waals surface area contributed by atoms with Gasteiger partial charge >= 0.3 is 5.69 Å². The second-order valence-electron chi connectivity index (χ2n) is 5.54. The Morgan fingerprint density at radius 1 is 1.45 bits per heavy atom. The number of hydrogen-bond donors (Lipinski definition) is 1. The van der Waals surface area contributed by atoms with E-state index in [4.69, 9.17) is 4.74 Å². The van der Waals surface area contributed by atoms with Crippen LogP contribution in [0.15, 0.2) is 18.2 Å². The van der Waals surface area contributed by atoms with Gasteiger partial charge in [0, 0.05) is 24.4 Å². The van der Waals surface area contributed by atoms with Crippen LogP contribution in [0.2, 0.25) is 0 Å². The van der Waals surface area contributed by atoms with Gasteiger partial charge in [-0.05, 0) is 37.7 Å². The van der Waals surface area contributed by atoms with Crippen LogP contribution < -0.4 is 10.1 Å². The molecule has 110 valence electrons. The minimum absolute atomic E-state index is 0.0203. The highest BCUT2D eigenvalue weighted by molar-refractivity contribution is 5.58. The van der Waals surface area contributed by atoms with E-state index >= 15 is 0 Å². The Morgan fingerprint density at radius 3 is 2.85 bits per heavy atom. The molecule has 5 nitrogen and oxygen atoms in total. The van der Waals surface area contributed by atoms with E-state index < -0.39 is 4.92 Å². The van der Waals surface area contributed by atoms with E-state index in [1.807, 2.05) is 6.92 Å². The molecule has 1 saturated carbocycles. The molecule has 1 N–H and O–H groups in total. The first-order valence-corrected chi connectivity index (χ1v) is 7.25. The minimum atomic E-state index is -0.409. The van der Waals surface area contributed by atoms with Gasteiger partial charge in [0.05, 0.1) is 11.5 Å². The lowest BCUT2D eigenvalue weighted by molar-refractivity contribution is -0.385. The molecule has 0 saturated heterocycles. The molecular formula is C15H22N2O3. The molecular weight excluding hydrogens is 256 g/mol. The molecule has 1 aliphatic carbocycles. The Morgan fingerprint density at radius 2 is 2.25 bits per heavy atom. The van der Waals surface area contributed by atoms with Crippen LogP contribution in [0, 0.1) is 22.0 Å². The first-order valence-electron chi connectivity index (χ1n) is 7.25. The molecule has 1 aromatic rings. The average Bonchev–Trinajstić information content (AvgIpc) is 2.82. The van der Waals surface area contributed by atoms with Gasteiger partial charge in [-0.3, -0.25) is 10.1 Å².